The third-order valence-corrected chi connectivity index (χ3v) is 7.93. The number of rotatable bonds is 21. The van der Waals surface area contributed by atoms with Crippen LogP contribution in [0.2, 0.25) is 0 Å². The molecule has 0 radical (unpaired) electrons. The first-order chi connectivity index (χ1) is 23.5. The molecule has 0 saturated carbocycles. The Balaban J connectivity index is 1.22. The molecule has 1 heterocycles. The fraction of sp³-hybridized carbons (Fsp3) is 0.568. The van der Waals surface area contributed by atoms with Gasteiger partial charge in [-0.15, -0.1) is 0 Å². The van der Waals surface area contributed by atoms with Crippen LogP contribution in [0.25, 0.3) is 0 Å². The maximum atomic E-state index is 12.3. The van der Waals surface area contributed by atoms with E-state index in [1.807, 2.05) is 77.1 Å². The lowest BCUT2D eigenvalue weighted by atomic mass is 10.0. The molecule has 2 aromatic rings. The lowest BCUT2D eigenvalue weighted by Gasteiger charge is -2.31. The molecule has 1 aliphatic heterocycles. The number of piperidine rings is 1. The summed E-state index contributed by atoms with van der Waals surface area (Å²) in [6.07, 6.45) is 4.44. The van der Waals surface area contributed by atoms with Gasteiger partial charge in [-0.2, -0.15) is 0 Å². The van der Waals surface area contributed by atoms with Crippen LogP contribution in [0.15, 0.2) is 42.5 Å². The van der Waals surface area contributed by atoms with Crippen LogP contribution in [-0.2, 0) is 35.1 Å². The molecule has 270 valence electrons. The van der Waals surface area contributed by atoms with Crippen molar-refractivity contribution in [2.45, 2.75) is 97.4 Å². The van der Waals surface area contributed by atoms with Gasteiger partial charge < -0.3 is 34.5 Å². The van der Waals surface area contributed by atoms with Gasteiger partial charge in [-0.1, -0.05) is 24.3 Å². The van der Waals surface area contributed by atoms with Crippen LogP contribution in [0.4, 0.5) is 10.5 Å². The number of ether oxygens (including phenoxy) is 4. The molecular formula is C37H54N4O8. The Hall–Kier alpha value is -4.16. The summed E-state index contributed by atoms with van der Waals surface area (Å²) in [6.45, 7) is 13.3. The topological polar surface area (TPSA) is 145 Å². The zero-order chi connectivity index (χ0) is 35.6. The Morgan fingerprint density at radius 3 is 2.45 bits per heavy atom. The molecule has 0 aliphatic carbocycles. The van der Waals surface area contributed by atoms with Crippen LogP contribution >= 0.6 is 0 Å². The average Bonchev–Trinajstić information content (AvgIpc) is 3.04. The van der Waals surface area contributed by atoms with Crippen molar-refractivity contribution in [1.82, 2.24) is 15.5 Å². The van der Waals surface area contributed by atoms with E-state index in [1.54, 1.807) is 0 Å². The summed E-state index contributed by atoms with van der Waals surface area (Å²) >= 11 is 0. The molecular weight excluding hydrogens is 628 g/mol. The standard InChI is InChI=1S/C37H54N4O8/c1-27-12-9-15-32(31(27)25-41(26-42)33-16-17-34(43)40-35(33)44)38-18-23-47-21-11-20-46-19-7-6-8-22-48-30-14-10-13-29(24-30)28(2)39-36(45)49-37(3,4)5/h9-10,12-15,24,26,28,33,38H,6-8,11,16-23,25H2,1-5H3,(H,39,45)(H,40,43,44)/t28-,33?/m1/s1. The van der Waals surface area contributed by atoms with Gasteiger partial charge in [0.1, 0.15) is 17.4 Å². The quantitative estimate of drug-likeness (QED) is 0.0892. The number of nitrogens with zero attached hydrogens (tertiary/aromatic N) is 1. The number of nitrogens with one attached hydrogen (secondary N) is 3. The maximum absolute atomic E-state index is 12.3. The maximum Gasteiger partial charge on any atom is 0.408 e. The third kappa shape index (κ3) is 14.5. The Kier molecular flexibility index (Phi) is 16.3. The molecule has 2 atom stereocenters. The molecule has 1 aliphatic rings. The lowest BCUT2D eigenvalue weighted by Crippen LogP contribution is -2.51. The number of amides is 4. The highest BCUT2D eigenvalue weighted by Crippen LogP contribution is 2.24. The van der Waals surface area contributed by atoms with Crippen LogP contribution < -0.4 is 20.7 Å². The molecule has 3 rings (SSSR count). The Bertz CT molecular complexity index is 1360. The highest BCUT2D eigenvalue weighted by atomic mass is 16.6. The molecule has 1 fully saturated rings. The summed E-state index contributed by atoms with van der Waals surface area (Å²) in [5.74, 6) is 0.0304. The zero-order valence-electron chi connectivity index (χ0n) is 29.7. The summed E-state index contributed by atoms with van der Waals surface area (Å²) in [5.41, 5.74) is 3.21. The summed E-state index contributed by atoms with van der Waals surface area (Å²) in [5, 5.41) is 8.57. The third-order valence-electron chi connectivity index (χ3n) is 7.93. The number of hydrogen-bond donors (Lipinski definition) is 3. The first-order valence-electron chi connectivity index (χ1n) is 17.2. The van der Waals surface area contributed by atoms with E-state index < -0.39 is 23.6 Å². The van der Waals surface area contributed by atoms with Gasteiger partial charge >= 0.3 is 6.09 Å². The van der Waals surface area contributed by atoms with Crippen LogP contribution in [0.3, 0.4) is 0 Å². The van der Waals surface area contributed by atoms with E-state index in [4.69, 9.17) is 18.9 Å². The molecule has 1 unspecified atom stereocenters. The predicted molar refractivity (Wildman–Crippen MR) is 187 cm³/mol. The van der Waals surface area contributed by atoms with Crippen LogP contribution in [0.5, 0.6) is 5.75 Å². The van der Waals surface area contributed by atoms with E-state index in [0.29, 0.717) is 52.4 Å². The number of aryl methyl sites for hydroxylation is 1. The highest BCUT2D eigenvalue weighted by molar-refractivity contribution is 6.00. The fourth-order valence-electron chi connectivity index (χ4n) is 5.32. The van der Waals surface area contributed by atoms with Crippen molar-refractivity contribution < 1.29 is 38.1 Å². The van der Waals surface area contributed by atoms with Crippen LogP contribution in [-0.4, -0.2) is 80.4 Å². The number of unbranched alkanes of at least 4 members (excludes halogenated alkanes) is 2. The second-order valence-electron chi connectivity index (χ2n) is 13.2. The van der Waals surface area contributed by atoms with Gasteiger partial charge in [0, 0.05) is 45.0 Å². The predicted octanol–water partition coefficient (Wildman–Crippen LogP) is 5.43. The van der Waals surface area contributed by atoms with Gasteiger partial charge in [0.2, 0.25) is 18.2 Å². The lowest BCUT2D eigenvalue weighted by molar-refractivity contribution is -0.141. The van der Waals surface area contributed by atoms with E-state index >= 15 is 0 Å². The normalized spacial score (nSPS) is 15.2. The molecule has 4 amide bonds. The minimum atomic E-state index is -0.663. The Morgan fingerprint density at radius 2 is 1.71 bits per heavy atom. The molecule has 0 spiro atoms. The van der Waals surface area contributed by atoms with Gasteiger partial charge in [0.15, 0.2) is 0 Å². The van der Waals surface area contributed by atoms with E-state index in [9.17, 15) is 19.2 Å². The van der Waals surface area contributed by atoms with E-state index in [-0.39, 0.29) is 24.9 Å². The summed E-state index contributed by atoms with van der Waals surface area (Å²) in [4.78, 5) is 49.2. The smallest absolute Gasteiger partial charge is 0.408 e. The number of alkyl carbamates (subject to hydrolysis) is 1. The van der Waals surface area contributed by atoms with E-state index in [2.05, 4.69) is 16.0 Å². The second kappa shape index (κ2) is 20.4. The average molecular weight is 683 g/mol. The monoisotopic (exact) mass is 682 g/mol. The minimum absolute atomic E-state index is 0.203. The number of hydrogen-bond acceptors (Lipinski definition) is 9. The molecule has 2 aromatic carbocycles. The van der Waals surface area contributed by atoms with Crippen molar-refractivity contribution in [3.05, 3.63) is 59.2 Å². The van der Waals surface area contributed by atoms with Crippen molar-refractivity contribution in [2.24, 2.45) is 0 Å². The first kappa shape index (κ1) is 39.3. The van der Waals surface area contributed by atoms with Gasteiger partial charge in [0.05, 0.1) is 19.3 Å². The molecule has 0 bridgehead atoms. The Morgan fingerprint density at radius 1 is 1.00 bits per heavy atom. The van der Waals surface area contributed by atoms with Crippen molar-refractivity contribution in [3.8, 4) is 5.75 Å². The molecule has 49 heavy (non-hydrogen) atoms. The van der Waals surface area contributed by atoms with Gasteiger partial charge in [-0.3, -0.25) is 19.7 Å². The largest absolute Gasteiger partial charge is 0.494 e. The molecule has 12 heteroatoms. The number of imide groups is 1. The van der Waals surface area contributed by atoms with Gasteiger partial charge in [0.25, 0.3) is 0 Å². The molecule has 1 saturated heterocycles. The summed E-state index contributed by atoms with van der Waals surface area (Å²) < 4.78 is 22.8. The summed E-state index contributed by atoms with van der Waals surface area (Å²) in [7, 11) is 0. The first-order valence-corrected chi connectivity index (χ1v) is 17.2. The van der Waals surface area contributed by atoms with Gasteiger partial charge in [-0.25, -0.2) is 4.79 Å². The van der Waals surface area contributed by atoms with Crippen molar-refractivity contribution in [3.63, 3.8) is 0 Å². The van der Waals surface area contributed by atoms with E-state index in [1.165, 1.54) is 4.90 Å². The number of carbonyl (C=O) groups excluding carboxylic acids is 4. The SMILES string of the molecule is Cc1cccc(NCCOCCCOCCCCCOc2cccc([C@@H](C)NC(=O)OC(C)(C)C)c2)c1CN(C=O)C1CCC(=O)NC1=O. The van der Waals surface area contributed by atoms with Gasteiger partial charge in [-0.05, 0) is 102 Å². The Labute approximate surface area is 290 Å². The van der Waals surface area contributed by atoms with Crippen molar-refractivity contribution >= 4 is 30.0 Å². The molecule has 0 aromatic heterocycles. The number of benzene rings is 2. The summed E-state index contributed by atoms with van der Waals surface area (Å²) in [6, 6.07) is 12.7. The van der Waals surface area contributed by atoms with Crippen molar-refractivity contribution in [2.75, 3.05) is 44.9 Å². The van der Waals surface area contributed by atoms with Crippen LogP contribution in [0, 0.1) is 6.92 Å². The van der Waals surface area contributed by atoms with E-state index in [0.717, 1.165) is 53.8 Å². The highest BCUT2D eigenvalue weighted by Gasteiger charge is 2.31. The fourth-order valence-corrected chi connectivity index (χ4v) is 5.32. The van der Waals surface area contributed by atoms with Crippen LogP contribution in [0.1, 0.15) is 89.0 Å². The number of anilines is 1. The van der Waals surface area contributed by atoms with Crippen molar-refractivity contribution in [1.29, 1.82) is 0 Å². The molecule has 3 N–H and O–H groups in total. The number of carbonyl (C=O) groups is 4. The minimum Gasteiger partial charge on any atom is -0.494 e. The second-order valence-corrected chi connectivity index (χ2v) is 13.2. The molecule has 12 nitrogen and oxygen atoms in total. The zero-order valence-corrected chi connectivity index (χ0v) is 29.7.